The highest BCUT2D eigenvalue weighted by Gasteiger charge is 2.27. The standard InChI is InChI=1S/C21H28N4O5/c1-4-30-20(27)16-12-23-21(25-9-5-6-15(25)13-26)24-19(16)22-11-14-7-8-17(28-2)18(10-14)29-3/h7-8,10,12,15,26H,4-6,9,11,13H2,1-3H3,(H,22,23,24)/t15-/m0/s1. The predicted octanol–water partition coefficient (Wildman–Crippen LogP) is 2.24. The van der Waals surface area contributed by atoms with Gasteiger partial charge in [-0.25, -0.2) is 9.78 Å². The van der Waals surface area contributed by atoms with Crippen LogP contribution in [0.15, 0.2) is 24.4 Å². The van der Waals surface area contributed by atoms with E-state index in [0.29, 0.717) is 29.8 Å². The average molecular weight is 416 g/mol. The van der Waals surface area contributed by atoms with Crippen LogP contribution < -0.4 is 19.7 Å². The summed E-state index contributed by atoms with van der Waals surface area (Å²) in [6, 6.07) is 5.57. The van der Waals surface area contributed by atoms with E-state index in [1.807, 2.05) is 23.1 Å². The van der Waals surface area contributed by atoms with Crippen LogP contribution in [0.5, 0.6) is 11.5 Å². The summed E-state index contributed by atoms with van der Waals surface area (Å²) >= 11 is 0. The van der Waals surface area contributed by atoms with E-state index in [1.165, 1.54) is 6.20 Å². The number of anilines is 2. The second-order valence-electron chi connectivity index (χ2n) is 6.87. The van der Waals surface area contributed by atoms with Crippen molar-refractivity contribution in [1.29, 1.82) is 0 Å². The Morgan fingerprint density at radius 3 is 2.80 bits per heavy atom. The van der Waals surface area contributed by atoms with Crippen LogP contribution >= 0.6 is 0 Å². The number of rotatable bonds is 9. The van der Waals surface area contributed by atoms with Crippen molar-refractivity contribution in [1.82, 2.24) is 9.97 Å². The minimum Gasteiger partial charge on any atom is -0.493 e. The molecule has 162 valence electrons. The van der Waals surface area contributed by atoms with Gasteiger partial charge in [0, 0.05) is 19.3 Å². The first kappa shape index (κ1) is 21.6. The number of nitrogens with zero attached hydrogens (tertiary/aromatic N) is 3. The number of methoxy groups -OCH3 is 2. The minimum absolute atomic E-state index is 0.0165. The molecule has 1 aromatic heterocycles. The summed E-state index contributed by atoms with van der Waals surface area (Å²) in [6.45, 7) is 3.22. The van der Waals surface area contributed by atoms with Crippen LogP contribution in [0, 0.1) is 0 Å². The Bertz CT molecular complexity index is 876. The fourth-order valence-corrected chi connectivity index (χ4v) is 3.47. The van der Waals surface area contributed by atoms with E-state index in [2.05, 4.69) is 15.3 Å². The second kappa shape index (κ2) is 10.1. The summed E-state index contributed by atoms with van der Waals surface area (Å²) in [5.74, 6) is 1.64. The molecule has 0 aliphatic carbocycles. The van der Waals surface area contributed by atoms with Crippen LogP contribution in [0.3, 0.4) is 0 Å². The molecule has 0 radical (unpaired) electrons. The van der Waals surface area contributed by atoms with Crippen molar-refractivity contribution in [3.8, 4) is 11.5 Å². The first-order valence-corrected chi connectivity index (χ1v) is 9.97. The van der Waals surface area contributed by atoms with E-state index >= 15 is 0 Å². The third-order valence-electron chi connectivity index (χ3n) is 5.02. The number of aromatic nitrogens is 2. The van der Waals surface area contributed by atoms with Gasteiger partial charge in [-0.05, 0) is 37.5 Å². The monoisotopic (exact) mass is 416 g/mol. The number of aliphatic hydroxyl groups excluding tert-OH is 1. The van der Waals surface area contributed by atoms with Crippen LogP contribution in [-0.4, -0.2) is 61.1 Å². The fourth-order valence-electron chi connectivity index (χ4n) is 3.47. The van der Waals surface area contributed by atoms with Crippen molar-refractivity contribution in [3.63, 3.8) is 0 Å². The van der Waals surface area contributed by atoms with E-state index in [1.54, 1.807) is 21.1 Å². The topological polar surface area (TPSA) is 106 Å². The molecule has 9 nitrogen and oxygen atoms in total. The van der Waals surface area contributed by atoms with Crippen LogP contribution in [0.25, 0.3) is 0 Å². The predicted molar refractivity (Wildman–Crippen MR) is 112 cm³/mol. The van der Waals surface area contributed by atoms with Crippen LogP contribution in [0.2, 0.25) is 0 Å². The maximum Gasteiger partial charge on any atom is 0.343 e. The molecule has 0 saturated carbocycles. The minimum atomic E-state index is -0.487. The van der Waals surface area contributed by atoms with Gasteiger partial charge in [-0.3, -0.25) is 0 Å². The average Bonchev–Trinajstić information content (AvgIpc) is 3.26. The van der Waals surface area contributed by atoms with Gasteiger partial charge in [0.1, 0.15) is 11.4 Å². The SMILES string of the molecule is CCOC(=O)c1cnc(N2CCC[C@H]2CO)nc1NCc1ccc(OC)c(OC)c1. The molecule has 0 unspecified atom stereocenters. The number of hydrogen-bond donors (Lipinski definition) is 2. The smallest absolute Gasteiger partial charge is 0.343 e. The summed E-state index contributed by atoms with van der Waals surface area (Å²) in [4.78, 5) is 23.3. The normalized spacial score (nSPS) is 15.7. The summed E-state index contributed by atoms with van der Waals surface area (Å²) in [5.41, 5.74) is 1.19. The van der Waals surface area contributed by atoms with E-state index in [-0.39, 0.29) is 24.8 Å². The zero-order valence-corrected chi connectivity index (χ0v) is 17.6. The van der Waals surface area contributed by atoms with Crippen molar-refractivity contribution >= 4 is 17.7 Å². The van der Waals surface area contributed by atoms with Gasteiger partial charge in [-0.15, -0.1) is 0 Å². The van der Waals surface area contributed by atoms with Crippen molar-refractivity contribution < 1.29 is 24.1 Å². The molecule has 1 atom stereocenters. The molecule has 1 aliphatic rings. The van der Waals surface area contributed by atoms with Gasteiger partial charge in [0.15, 0.2) is 11.5 Å². The number of hydrogen-bond acceptors (Lipinski definition) is 9. The van der Waals surface area contributed by atoms with Crippen LogP contribution in [0.4, 0.5) is 11.8 Å². The van der Waals surface area contributed by atoms with Gasteiger partial charge >= 0.3 is 5.97 Å². The van der Waals surface area contributed by atoms with Crippen LogP contribution in [-0.2, 0) is 11.3 Å². The molecular formula is C21H28N4O5. The number of carbonyl (C=O) groups is 1. The number of aliphatic hydroxyl groups is 1. The Hall–Kier alpha value is -3.07. The third-order valence-corrected chi connectivity index (χ3v) is 5.02. The summed E-state index contributed by atoms with van der Waals surface area (Å²) in [7, 11) is 3.17. The Morgan fingerprint density at radius 2 is 2.10 bits per heavy atom. The van der Waals surface area contributed by atoms with Crippen molar-refractivity contribution in [3.05, 3.63) is 35.5 Å². The Kier molecular flexibility index (Phi) is 7.29. The molecule has 1 fully saturated rings. The van der Waals surface area contributed by atoms with E-state index in [9.17, 15) is 9.90 Å². The van der Waals surface area contributed by atoms with Crippen LogP contribution in [0.1, 0.15) is 35.7 Å². The zero-order chi connectivity index (χ0) is 21.5. The highest BCUT2D eigenvalue weighted by molar-refractivity contribution is 5.94. The molecule has 2 N–H and O–H groups in total. The van der Waals surface area contributed by atoms with Gasteiger partial charge in [0.2, 0.25) is 5.95 Å². The van der Waals surface area contributed by atoms with Crippen molar-refractivity contribution in [2.75, 3.05) is 44.2 Å². The van der Waals surface area contributed by atoms with Gasteiger partial charge in [0.25, 0.3) is 0 Å². The van der Waals surface area contributed by atoms with Crippen molar-refractivity contribution in [2.45, 2.75) is 32.4 Å². The lowest BCUT2D eigenvalue weighted by molar-refractivity contribution is 0.0526. The summed E-state index contributed by atoms with van der Waals surface area (Å²) < 4.78 is 15.8. The maximum absolute atomic E-state index is 12.4. The molecule has 1 saturated heterocycles. The van der Waals surface area contributed by atoms with E-state index in [0.717, 1.165) is 24.9 Å². The number of esters is 1. The first-order chi connectivity index (χ1) is 14.6. The second-order valence-corrected chi connectivity index (χ2v) is 6.87. The lowest BCUT2D eigenvalue weighted by Gasteiger charge is -2.23. The molecule has 9 heteroatoms. The molecule has 30 heavy (non-hydrogen) atoms. The lowest BCUT2D eigenvalue weighted by atomic mass is 10.2. The maximum atomic E-state index is 12.4. The molecule has 0 amide bonds. The molecule has 2 heterocycles. The summed E-state index contributed by atoms with van der Waals surface area (Å²) in [6.07, 6.45) is 3.32. The van der Waals surface area contributed by atoms with Gasteiger partial charge in [-0.2, -0.15) is 4.98 Å². The third kappa shape index (κ3) is 4.73. The van der Waals surface area contributed by atoms with Gasteiger partial charge < -0.3 is 29.5 Å². The number of carbonyl (C=O) groups excluding carboxylic acids is 1. The molecule has 3 rings (SSSR count). The largest absolute Gasteiger partial charge is 0.493 e. The fraction of sp³-hybridized carbons (Fsp3) is 0.476. The molecule has 2 aromatic rings. The van der Waals surface area contributed by atoms with E-state index in [4.69, 9.17) is 14.2 Å². The van der Waals surface area contributed by atoms with Gasteiger partial charge in [-0.1, -0.05) is 6.07 Å². The number of benzene rings is 1. The molecule has 1 aromatic carbocycles. The molecule has 1 aliphatic heterocycles. The molecule has 0 spiro atoms. The zero-order valence-electron chi connectivity index (χ0n) is 17.6. The Balaban J connectivity index is 1.86. The number of nitrogens with one attached hydrogen (secondary N) is 1. The molecule has 0 bridgehead atoms. The van der Waals surface area contributed by atoms with E-state index < -0.39 is 5.97 Å². The Labute approximate surface area is 176 Å². The quantitative estimate of drug-likeness (QED) is 0.595. The first-order valence-electron chi connectivity index (χ1n) is 9.97. The van der Waals surface area contributed by atoms with Crippen molar-refractivity contribution in [2.24, 2.45) is 0 Å². The lowest BCUT2D eigenvalue weighted by Crippen LogP contribution is -2.33. The molecular weight excluding hydrogens is 388 g/mol. The highest BCUT2D eigenvalue weighted by atomic mass is 16.5. The highest BCUT2D eigenvalue weighted by Crippen LogP contribution is 2.29. The number of ether oxygens (including phenoxy) is 3. The Morgan fingerprint density at radius 1 is 1.30 bits per heavy atom. The summed E-state index contributed by atoms with van der Waals surface area (Å²) in [5, 5.41) is 12.8. The van der Waals surface area contributed by atoms with Gasteiger partial charge in [0.05, 0.1) is 33.5 Å².